The summed E-state index contributed by atoms with van der Waals surface area (Å²) in [5.74, 6) is -0.192. The Hall–Kier alpha value is -2.78. The number of unbranched alkanes of at least 4 members (excludes halogenated alkanes) is 3. The van der Waals surface area contributed by atoms with Gasteiger partial charge in [-0.05, 0) is 51.2 Å². The van der Waals surface area contributed by atoms with Crippen LogP contribution in [-0.2, 0) is 14.4 Å². The van der Waals surface area contributed by atoms with Gasteiger partial charge in [0.05, 0.1) is 5.69 Å². The van der Waals surface area contributed by atoms with Gasteiger partial charge in [0.25, 0.3) is 5.91 Å². The highest BCUT2D eigenvalue weighted by atomic mass is 32.1. The number of nitrogens with one attached hydrogen (secondary N) is 2. The number of Topliss-reactive ketones (excluding diaryl/α,β-unsaturated/α-hetero) is 1. The first-order valence-electron chi connectivity index (χ1n) is 10.8. The second kappa shape index (κ2) is 13.6. The minimum Gasteiger partial charge on any atom is -0.492 e. The number of benzene rings is 1. The SMILES string of the molecule is CNC(=O)C(=O)CCCCCCC(=O)Nc1nc(-c2ccc(OCCN(C)C)cc2)cs1. The number of aromatic nitrogens is 1. The summed E-state index contributed by atoms with van der Waals surface area (Å²) in [6, 6.07) is 7.76. The number of ether oxygens (including phenoxy) is 1. The molecule has 0 aliphatic carbocycles. The fourth-order valence-corrected chi connectivity index (χ4v) is 3.63. The molecule has 0 aliphatic heterocycles. The van der Waals surface area contributed by atoms with Crippen LogP contribution in [0, 0.1) is 0 Å². The summed E-state index contributed by atoms with van der Waals surface area (Å²) in [6.07, 6.45) is 3.68. The van der Waals surface area contributed by atoms with Gasteiger partial charge in [0.15, 0.2) is 5.13 Å². The highest BCUT2D eigenvalue weighted by molar-refractivity contribution is 7.14. The molecule has 1 heterocycles. The van der Waals surface area contributed by atoms with Crippen LogP contribution in [-0.4, -0.2) is 61.8 Å². The Morgan fingerprint density at radius 1 is 1.03 bits per heavy atom. The third kappa shape index (κ3) is 9.15. The summed E-state index contributed by atoms with van der Waals surface area (Å²) in [6.45, 7) is 1.49. The van der Waals surface area contributed by atoms with E-state index in [9.17, 15) is 14.4 Å². The van der Waals surface area contributed by atoms with E-state index in [0.717, 1.165) is 42.8 Å². The van der Waals surface area contributed by atoms with Gasteiger partial charge < -0.3 is 20.3 Å². The summed E-state index contributed by atoms with van der Waals surface area (Å²) in [5, 5.41) is 7.67. The minimum atomic E-state index is -0.545. The number of hydrogen-bond donors (Lipinski definition) is 2. The fraction of sp³-hybridized carbons (Fsp3) is 0.478. The van der Waals surface area contributed by atoms with E-state index in [4.69, 9.17) is 4.74 Å². The molecule has 0 spiro atoms. The molecule has 0 atom stereocenters. The third-order valence-electron chi connectivity index (χ3n) is 4.75. The average Bonchev–Trinajstić information content (AvgIpc) is 3.23. The van der Waals surface area contributed by atoms with Crippen LogP contribution in [0.2, 0.25) is 0 Å². The lowest BCUT2D eigenvalue weighted by molar-refractivity contribution is -0.137. The number of thiazole rings is 1. The molecule has 1 aromatic heterocycles. The average molecular weight is 461 g/mol. The molecule has 0 bridgehead atoms. The van der Waals surface area contributed by atoms with Gasteiger partial charge in [-0.3, -0.25) is 14.4 Å². The second-order valence-corrected chi connectivity index (χ2v) is 8.54. The Balaban J connectivity index is 1.68. The van der Waals surface area contributed by atoms with Crippen LogP contribution in [0.5, 0.6) is 5.75 Å². The number of nitrogens with zero attached hydrogens (tertiary/aromatic N) is 2. The Bertz CT molecular complexity index is 880. The summed E-state index contributed by atoms with van der Waals surface area (Å²) >= 11 is 1.39. The Morgan fingerprint density at radius 3 is 2.38 bits per heavy atom. The van der Waals surface area contributed by atoms with Crippen LogP contribution in [0.1, 0.15) is 38.5 Å². The minimum absolute atomic E-state index is 0.0722. The lowest BCUT2D eigenvalue weighted by Crippen LogP contribution is -2.27. The van der Waals surface area contributed by atoms with Crippen molar-refractivity contribution < 1.29 is 19.1 Å². The molecule has 2 aromatic rings. The van der Waals surface area contributed by atoms with Gasteiger partial charge in [-0.25, -0.2) is 4.98 Å². The van der Waals surface area contributed by atoms with E-state index in [-0.39, 0.29) is 12.3 Å². The van der Waals surface area contributed by atoms with Crippen molar-refractivity contribution in [2.45, 2.75) is 38.5 Å². The van der Waals surface area contributed by atoms with E-state index < -0.39 is 11.7 Å². The molecule has 2 N–H and O–H groups in total. The number of carbonyl (C=O) groups excluding carboxylic acids is 3. The van der Waals surface area contributed by atoms with Crippen molar-refractivity contribution in [1.82, 2.24) is 15.2 Å². The van der Waals surface area contributed by atoms with E-state index in [1.54, 1.807) is 0 Å². The van der Waals surface area contributed by atoms with E-state index in [0.29, 0.717) is 24.6 Å². The predicted octanol–water partition coefficient (Wildman–Crippen LogP) is 3.34. The maximum absolute atomic E-state index is 12.1. The summed E-state index contributed by atoms with van der Waals surface area (Å²) in [7, 11) is 5.46. The molecule has 32 heavy (non-hydrogen) atoms. The van der Waals surface area contributed by atoms with Gasteiger partial charge in [0.1, 0.15) is 12.4 Å². The molecular formula is C23H32N4O4S. The largest absolute Gasteiger partial charge is 0.492 e. The maximum atomic E-state index is 12.1. The van der Waals surface area contributed by atoms with Gasteiger partial charge >= 0.3 is 0 Å². The van der Waals surface area contributed by atoms with E-state index >= 15 is 0 Å². The van der Waals surface area contributed by atoms with Crippen molar-refractivity contribution in [3.63, 3.8) is 0 Å². The van der Waals surface area contributed by atoms with Crippen molar-refractivity contribution in [1.29, 1.82) is 0 Å². The zero-order valence-electron chi connectivity index (χ0n) is 19.0. The quantitative estimate of drug-likeness (QED) is 0.331. The number of ketones is 1. The third-order valence-corrected chi connectivity index (χ3v) is 5.50. The lowest BCUT2D eigenvalue weighted by Gasteiger charge is -2.11. The normalized spacial score (nSPS) is 10.8. The van der Waals surface area contributed by atoms with Crippen LogP contribution in [0.15, 0.2) is 29.6 Å². The number of rotatable bonds is 14. The smallest absolute Gasteiger partial charge is 0.287 e. The molecule has 0 aliphatic rings. The van der Waals surface area contributed by atoms with Crippen molar-refractivity contribution in [2.24, 2.45) is 0 Å². The van der Waals surface area contributed by atoms with Crippen molar-refractivity contribution >= 4 is 34.1 Å². The fourth-order valence-electron chi connectivity index (χ4n) is 2.89. The van der Waals surface area contributed by atoms with Gasteiger partial charge in [-0.2, -0.15) is 0 Å². The van der Waals surface area contributed by atoms with E-state index in [1.807, 2.05) is 43.7 Å². The molecule has 174 valence electrons. The van der Waals surface area contributed by atoms with E-state index in [1.165, 1.54) is 18.4 Å². The first-order chi connectivity index (χ1) is 15.4. The molecule has 0 fully saturated rings. The predicted molar refractivity (Wildman–Crippen MR) is 127 cm³/mol. The summed E-state index contributed by atoms with van der Waals surface area (Å²) < 4.78 is 5.70. The molecule has 0 saturated carbocycles. The molecule has 8 nitrogen and oxygen atoms in total. The number of carbonyl (C=O) groups is 3. The highest BCUT2D eigenvalue weighted by Gasteiger charge is 2.11. The first kappa shape index (κ1) is 25.5. The van der Waals surface area contributed by atoms with Crippen LogP contribution in [0.3, 0.4) is 0 Å². The topological polar surface area (TPSA) is 101 Å². The molecule has 2 amide bonds. The molecule has 9 heteroatoms. The van der Waals surface area contributed by atoms with E-state index in [2.05, 4.69) is 20.5 Å². The number of amides is 2. The maximum Gasteiger partial charge on any atom is 0.287 e. The number of likely N-dealkylation sites (N-methyl/N-ethyl adjacent to an activating group) is 2. The first-order valence-corrected chi connectivity index (χ1v) is 11.6. The van der Waals surface area contributed by atoms with Crippen LogP contribution in [0.4, 0.5) is 5.13 Å². The Morgan fingerprint density at radius 2 is 1.72 bits per heavy atom. The molecule has 0 saturated heterocycles. The zero-order valence-corrected chi connectivity index (χ0v) is 19.8. The molecule has 0 unspecified atom stereocenters. The molecule has 2 rings (SSSR count). The van der Waals surface area contributed by atoms with Crippen molar-refractivity contribution in [2.75, 3.05) is 39.6 Å². The van der Waals surface area contributed by atoms with Crippen LogP contribution >= 0.6 is 11.3 Å². The summed E-state index contributed by atoms with van der Waals surface area (Å²) in [5.41, 5.74) is 1.78. The Labute approximate surface area is 193 Å². The van der Waals surface area contributed by atoms with Crippen LogP contribution < -0.4 is 15.4 Å². The Kier molecular flexibility index (Phi) is 10.8. The number of hydrogen-bond acceptors (Lipinski definition) is 7. The van der Waals surface area contributed by atoms with Crippen molar-refractivity contribution in [3.8, 4) is 17.0 Å². The monoisotopic (exact) mass is 460 g/mol. The summed E-state index contributed by atoms with van der Waals surface area (Å²) in [4.78, 5) is 41.3. The van der Waals surface area contributed by atoms with Gasteiger partial charge in [-0.1, -0.05) is 12.8 Å². The lowest BCUT2D eigenvalue weighted by atomic mass is 10.1. The van der Waals surface area contributed by atoms with Crippen LogP contribution in [0.25, 0.3) is 11.3 Å². The standard InChI is InChI=1S/C23H32N4O4S/c1-24-22(30)20(28)8-6-4-5-7-9-21(29)26-23-25-19(16-32-23)17-10-12-18(13-11-17)31-15-14-27(2)3/h10-13,16H,4-9,14-15H2,1-3H3,(H,24,30)(H,25,26,29). The van der Waals surface area contributed by atoms with Gasteiger partial charge in [0, 0.05) is 37.4 Å². The molecule has 0 radical (unpaired) electrons. The highest BCUT2D eigenvalue weighted by Crippen LogP contribution is 2.26. The molecular weight excluding hydrogens is 428 g/mol. The second-order valence-electron chi connectivity index (χ2n) is 7.68. The zero-order chi connectivity index (χ0) is 23.3. The van der Waals surface area contributed by atoms with Crippen molar-refractivity contribution in [3.05, 3.63) is 29.6 Å². The molecule has 1 aromatic carbocycles. The van der Waals surface area contributed by atoms with Gasteiger partial charge in [-0.15, -0.1) is 11.3 Å². The van der Waals surface area contributed by atoms with Gasteiger partial charge in [0.2, 0.25) is 11.7 Å². The number of anilines is 1.